The molecule has 0 unspecified atom stereocenters. The molecule has 3 heteroatoms. The number of aromatic nitrogens is 1. The van der Waals surface area contributed by atoms with Crippen LogP contribution in [-0.2, 0) is 6.54 Å². The zero-order chi connectivity index (χ0) is 18.5. The standard InChI is InChI=1S/C23H24N2O/c1-4-13-25(14-5-2)16-20-22(18-9-7-6-8-10-18)24-21-12-11-17(3)15-19(21)23(20)26/h4-12,15H,1-2,13-14,16H2,3H3,(H,24,26). The van der Waals surface area contributed by atoms with Gasteiger partial charge in [0, 0.05) is 36.1 Å². The maximum absolute atomic E-state index is 13.3. The number of hydrogen-bond donors (Lipinski definition) is 1. The summed E-state index contributed by atoms with van der Waals surface area (Å²) in [5, 5.41) is 0.733. The van der Waals surface area contributed by atoms with E-state index >= 15 is 0 Å². The Morgan fingerprint density at radius 3 is 2.38 bits per heavy atom. The van der Waals surface area contributed by atoms with Crippen molar-refractivity contribution in [2.24, 2.45) is 0 Å². The van der Waals surface area contributed by atoms with Gasteiger partial charge >= 0.3 is 0 Å². The summed E-state index contributed by atoms with van der Waals surface area (Å²) in [6.45, 7) is 11.6. The fourth-order valence-corrected chi connectivity index (χ4v) is 3.24. The maximum Gasteiger partial charge on any atom is 0.194 e. The molecule has 0 amide bonds. The third kappa shape index (κ3) is 3.68. The molecule has 0 spiro atoms. The lowest BCUT2D eigenvalue weighted by molar-refractivity contribution is 0.327. The highest BCUT2D eigenvalue weighted by Gasteiger charge is 2.16. The fourth-order valence-electron chi connectivity index (χ4n) is 3.24. The Labute approximate surface area is 154 Å². The molecule has 0 radical (unpaired) electrons. The van der Waals surface area contributed by atoms with Gasteiger partial charge in [0.15, 0.2) is 5.43 Å². The Kier molecular flexibility index (Phi) is 5.49. The number of aromatic amines is 1. The van der Waals surface area contributed by atoms with Gasteiger partial charge in [-0.25, -0.2) is 0 Å². The molecular weight excluding hydrogens is 320 g/mol. The Morgan fingerprint density at radius 2 is 1.73 bits per heavy atom. The fraction of sp³-hybridized carbons (Fsp3) is 0.174. The number of H-pyrrole nitrogens is 1. The van der Waals surface area contributed by atoms with E-state index in [2.05, 4.69) is 23.0 Å². The van der Waals surface area contributed by atoms with Crippen molar-refractivity contribution in [2.75, 3.05) is 13.1 Å². The second-order valence-corrected chi connectivity index (χ2v) is 6.49. The number of hydrogen-bond acceptors (Lipinski definition) is 2. The molecule has 3 rings (SSSR count). The first-order valence-corrected chi connectivity index (χ1v) is 8.79. The summed E-state index contributed by atoms with van der Waals surface area (Å²) in [6, 6.07) is 16.0. The lowest BCUT2D eigenvalue weighted by Gasteiger charge is -2.21. The van der Waals surface area contributed by atoms with Crippen LogP contribution in [0, 0.1) is 6.92 Å². The summed E-state index contributed by atoms with van der Waals surface area (Å²) >= 11 is 0. The number of nitrogens with one attached hydrogen (secondary N) is 1. The van der Waals surface area contributed by atoms with E-state index < -0.39 is 0 Å². The van der Waals surface area contributed by atoms with Gasteiger partial charge in [-0.1, -0.05) is 54.1 Å². The Morgan fingerprint density at radius 1 is 1.04 bits per heavy atom. The van der Waals surface area contributed by atoms with Crippen LogP contribution >= 0.6 is 0 Å². The van der Waals surface area contributed by atoms with E-state index in [1.54, 1.807) is 0 Å². The van der Waals surface area contributed by atoms with Crippen molar-refractivity contribution >= 4 is 10.9 Å². The normalized spacial score (nSPS) is 11.0. The van der Waals surface area contributed by atoms with Gasteiger partial charge in [0.2, 0.25) is 0 Å². The van der Waals surface area contributed by atoms with E-state index in [4.69, 9.17) is 0 Å². The van der Waals surface area contributed by atoms with Gasteiger partial charge in [0.1, 0.15) is 0 Å². The van der Waals surface area contributed by atoms with Gasteiger partial charge < -0.3 is 4.98 Å². The Balaban J connectivity index is 2.22. The molecule has 1 heterocycles. The van der Waals surface area contributed by atoms with Crippen LogP contribution in [-0.4, -0.2) is 23.0 Å². The van der Waals surface area contributed by atoms with E-state index in [0.29, 0.717) is 19.6 Å². The second-order valence-electron chi connectivity index (χ2n) is 6.49. The van der Waals surface area contributed by atoms with Crippen molar-refractivity contribution in [3.63, 3.8) is 0 Å². The smallest absolute Gasteiger partial charge is 0.194 e. The molecule has 0 aliphatic carbocycles. The van der Waals surface area contributed by atoms with Gasteiger partial charge in [-0.05, 0) is 24.6 Å². The highest BCUT2D eigenvalue weighted by molar-refractivity contribution is 5.83. The molecule has 0 bridgehead atoms. The number of pyridine rings is 1. The minimum absolute atomic E-state index is 0.0828. The molecule has 0 saturated heterocycles. The van der Waals surface area contributed by atoms with Gasteiger partial charge in [0.25, 0.3) is 0 Å². The van der Waals surface area contributed by atoms with Crippen molar-refractivity contribution in [1.82, 2.24) is 9.88 Å². The van der Waals surface area contributed by atoms with Crippen LogP contribution in [0.4, 0.5) is 0 Å². The average molecular weight is 344 g/mol. The minimum atomic E-state index is 0.0828. The molecule has 132 valence electrons. The molecule has 0 aliphatic heterocycles. The van der Waals surface area contributed by atoms with E-state index in [9.17, 15) is 4.79 Å². The number of benzene rings is 2. The summed E-state index contributed by atoms with van der Waals surface area (Å²) < 4.78 is 0. The van der Waals surface area contributed by atoms with E-state index in [1.165, 1.54) is 0 Å². The third-order valence-electron chi connectivity index (χ3n) is 4.47. The third-order valence-corrected chi connectivity index (χ3v) is 4.47. The number of rotatable bonds is 7. The predicted molar refractivity (Wildman–Crippen MR) is 110 cm³/mol. The van der Waals surface area contributed by atoms with Crippen LogP contribution in [0.5, 0.6) is 0 Å². The van der Waals surface area contributed by atoms with Crippen molar-refractivity contribution in [1.29, 1.82) is 0 Å². The summed E-state index contributed by atoms with van der Waals surface area (Å²) in [5.41, 5.74) is 4.69. The van der Waals surface area contributed by atoms with Crippen molar-refractivity contribution in [3.8, 4) is 11.3 Å². The van der Waals surface area contributed by atoms with Crippen LogP contribution in [0.2, 0.25) is 0 Å². The summed E-state index contributed by atoms with van der Waals surface area (Å²) in [6.07, 6.45) is 3.70. The highest BCUT2D eigenvalue weighted by Crippen LogP contribution is 2.24. The van der Waals surface area contributed by atoms with Crippen LogP contribution in [0.15, 0.2) is 78.6 Å². The zero-order valence-electron chi connectivity index (χ0n) is 15.2. The molecule has 1 aromatic heterocycles. The van der Waals surface area contributed by atoms with E-state index in [-0.39, 0.29) is 5.43 Å². The predicted octanol–water partition coefficient (Wildman–Crippen LogP) is 4.68. The molecule has 3 nitrogen and oxygen atoms in total. The summed E-state index contributed by atoms with van der Waals surface area (Å²) in [5.74, 6) is 0. The summed E-state index contributed by atoms with van der Waals surface area (Å²) in [4.78, 5) is 19.0. The molecule has 26 heavy (non-hydrogen) atoms. The molecule has 2 aromatic carbocycles. The molecule has 0 atom stereocenters. The van der Waals surface area contributed by atoms with Crippen LogP contribution in [0.25, 0.3) is 22.2 Å². The monoisotopic (exact) mass is 344 g/mol. The first-order valence-electron chi connectivity index (χ1n) is 8.79. The molecule has 3 aromatic rings. The first kappa shape index (κ1) is 17.9. The van der Waals surface area contributed by atoms with Gasteiger partial charge in [0.05, 0.1) is 5.69 Å². The Bertz CT molecular complexity index is 976. The lowest BCUT2D eigenvalue weighted by Crippen LogP contribution is -2.27. The number of aryl methyl sites for hydroxylation is 1. The highest BCUT2D eigenvalue weighted by atomic mass is 16.1. The first-order chi connectivity index (χ1) is 12.6. The number of nitrogens with zero attached hydrogens (tertiary/aromatic N) is 1. The molecular formula is C23H24N2O. The average Bonchev–Trinajstić information content (AvgIpc) is 2.65. The molecule has 0 aliphatic rings. The maximum atomic E-state index is 13.3. The van der Waals surface area contributed by atoms with Crippen molar-refractivity contribution in [2.45, 2.75) is 13.5 Å². The van der Waals surface area contributed by atoms with Crippen molar-refractivity contribution in [3.05, 3.63) is 95.2 Å². The molecule has 0 saturated carbocycles. The van der Waals surface area contributed by atoms with Crippen LogP contribution in [0.1, 0.15) is 11.1 Å². The van der Waals surface area contributed by atoms with Crippen LogP contribution in [0.3, 0.4) is 0 Å². The topological polar surface area (TPSA) is 36.1 Å². The number of fused-ring (bicyclic) bond motifs is 1. The minimum Gasteiger partial charge on any atom is -0.354 e. The van der Waals surface area contributed by atoms with Gasteiger partial charge in [-0.2, -0.15) is 0 Å². The largest absolute Gasteiger partial charge is 0.354 e. The molecule has 0 fully saturated rings. The lowest BCUT2D eigenvalue weighted by atomic mass is 10.0. The second kappa shape index (κ2) is 7.98. The van der Waals surface area contributed by atoms with E-state index in [0.717, 1.165) is 33.3 Å². The molecule has 1 N–H and O–H groups in total. The Hall–Kier alpha value is -2.91. The zero-order valence-corrected chi connectivity index (χ0v) is 15.2. The SMILES string of the molecule is C=CCN(CC=C)Cc1c(-c2ccccc2)[nH]c2ccc(C)cc2c1=O. The quantitative estimate of drug-likeness (QED) is 0.632. The van der Waals surface area contributed by atoms with E-state index in [1.807, 2.05) is 67.6 Å². The summed E-state index contributed by atoms with van der Waals surface area (Å²) in [7, 11) is 0. The van der Waals surface area contributed by atoms with Crippen molar-refractivity contribution < 1.29 is 0 Å². The van der Waals surface area contributed by atoms with Crippen LogP contribution < -0.4 is 5.43 Å². The van der Waals surface area contributed by atoms with Gasteiger partial charge in [-0.3, -0.25) is 9.69 Å². The van der Waals surface area contributed by atoms with Gasteiger partial charge in [-0.15, -0.1) is 13.2 Å².